The van der Waals surface area contributed by atoms with Crippen molar-refractivity contribution < 1.29 is 0 Å². The molecule has 0 bridgehead atoms. The van der Waals surface area contributed by atoms with Crippen molar-refractivity contribution in [2.24, 2.45) is 0 Å². The molecule has 2 rings (SSSR count). The van der Waals surface area contributed by atoms with Gasteiger partial charge in [-0.2, -0.15) is 5.10 Å². The molecule has 1 aromatic heterocycles. The van der Waals surface area contributed by atoms with E-state index in [9.17, 15) is 0 Å². The fourth-order valence-corrected chi connectivity index (χ4v) is 2.92. The van der Waals surface area contributed by atoms with Gasteiger partial charge in [0.25, 0.3) is 0 Å². The van der Waals surface area contributed by atoms with Crippen LogP contribution in [0.1, 0.15) is 48.8 Å². The molecule has 0 aliphatic carbocycles. The summed E-state index contributed by atoms with van der Waals surface area (Å²) in [5, 5.41) is 8.33. The van der Waals surface area contributed by atoms with Gasteiger partial charge in [-0.25, -0.2) is 4.68 Å². The molecule has 1 N–H and O–H groups in total. The Morgan fingerprint density at radius 1 is 1.00 bits per heavy atom. The lowest BCUT2D eigenvalue weighted by Crippen LogP contribution is -2.14. The Kier molecular flexibility index (Phi) is 5.18. The molecular formula is C18H27N3. The van der Waals surface area contributed by atoms with Crippen molar-refractivity contribution in [2.75, 3.05) is 6.54 Å². The SMILES string of the molecule is CCNCc1c(CC)nn(-c2cc(C)cc(C)c2)c1CC. The first-order valence-corrected chi connectivity index (χ1v) is 7.99. The average Bonchev–Trinajstić information content (AvgIpc) is 2.81. The molecule has 0 fully saturated rings. The fourth-order valence-electron chi connectivity index (χ4n) is 2.92. The molecule has 0 atom stereocenters. The second-order valence-electron chi connectivity index (χ2n) is 5.62. The van der Waals surface area contributed by atoms with Gasteiger partial charge < -0.3 is 5.32 Å². The molecule has 0 amide bonds. The monoisotopic (exact) mass is 285 g/mol. The number of hydrogen-bond acceptors (Lipinski definition) is 2. The summed E-state index contributed by atoms with van der Waals surface area (Å²) >= 11 is 0. The van der Waals surface area contributed by atoms with Crippen LogP contribution in [0.3, 0.4) is 0 Å². The minimum absolute atomic E-state index is 0.910. The van der Waals surface area contributed by atoms with Crippen LogP contribution in [0.25, 0.3) is 5.69 Å². The van der Waals surface area contributed by atoms with Crippen molar-refractivity contribution in [3.63, 3.8) is 0 Å². The van der Waals surface area contributed by atoms with Crippen molar-refractivity contribution >= 4 is 0 Å². The number of nitrogens with zero attached hydrogens (tertiary/aromatic N) is 2. The number of rotatable bonds is 6. The Morgan fingerprint density at radius 3 is 2.19 bits per heavy atom. The van der Waals surface area contributed by atoms with Crippen LogP contribution in [0.15, 0.2) is 18.2 Å². The maximum absolute atomic E-state index is 4.88. The van der Waals surface area contributed by atoms with Crippen LogP contribution in [-0.2, 0) is 19.4 Å². The number of hydrogen-bond donors (Lipinski definition) is 1. The molecule has 3 nitrogen and oxygen atoms in total. The number of aryl methyl sites for hydroxylation is 3. The first kappa shape index (κ1) is 15.8. The highest BCUT2D eigenvalue weighted by Gasteiger charge is 2.16. The smallest absolute Gasteiger partial charge is 0.0674 e. The van der Waals surface area contributed by atoms with E-state index in [4.69, 9.17) is 5.10 Å². The Balaban J connectivity index is 2.54. The van der Waals surface area contributed by atoms with Crippen molar-refractivity contribution in [1.29, 1.82) is 0 Å². The van der Waals surface area contributed by atoms with Crippen molar-refractivity contribution in [1.82, 2.24) is 15.1 Å². The Labute approximate surface area is 128 Å². The van der Waals surface area contributed by atoms with E-state index in [1.807, 2.05) is 0 Å². The summed E-state index contributed by atoms with van der Waals surface area (Å²) in [6.07, 6.45) is 1.98. The Bertz CT molecular complexity index is 591. The van der Waals surface area contributed by atoms with Crippen molar-refractivity contribution in [3.8, 4) is 5.69 Å². The fraction of sp³-hybridized carbons (Fsp3) is 0.500. The number of aromatic nitrogens is 2. The van der Waals surface area contributed by atoms with Crippen molar-refractivity contribution in [2.45, 2.75) is 54.0 Å². The number of nitrogens with one attached hydrogen (secondary N) is 1. The highest BCUT2D eigenvalue weighted by Crippen LogP contribution is 2.22. The van der Waals surface area contributed by atoms with Crippen LogP contribution in [-0.4, -0.2) is 16.3 Å². The molecule has 0 radical (unpaired) electrons. The maximum atomic E-state index is 4.88. The summed E-state index contributed by atoms with van der Waals surface area (Å²) in [7, 11) is 0. The van der Waals surface area contributed by atoms with Gasteiger partial charge in [-0.3, -0.25) is 0 Å². The summed E-state index contributed by atoms with van der Waals surface area (Å²) in [5.74, 6) is 0. The first-order valence-electron chi connectivity index (χ1n) is 7.99. The molecule has 1 heterocycles. The summed E-state index contributed by atoms with van der Waals surface area (Å²) < 4.78 is 2.14. The Hall–Kier alpha value is -1.61. The molecule has 1 aromatic carbocycles. The highest BCUT2D eigenvalue weighted by molar-refractivity contribution is 5.42. The lowest BCUT2D eigenvalue weighted by molar-refractivity contribution is 0.712. The van der Waals surface area contributed by atoms with Gasteiger partial charge in [-0.05, 0) is 56.5 Å². The molecule has 3 heteroatoms. The lowest BCUT2D eigenvalue weighted by Gasteiger charge is -2.10. The van der Waals surface area contributed by atoms with Gasteiger partial charge in [-0.15, -0.1) is 0 Å². The van der Waals surface area contributed by atoms with Crippen LogP contribution < -0.4 is 5.32 Å². The topological polar surface area (TPSA) is 29.9 Å². The zero-order valence-corrected chi connectivity index (χ0v) is 14.0. The van der Waals surface area contributed by atoms with E-state index in [1.165, 1.54) is 33.8 Å². The van der Waals surface area contributed by atoms with Gasteiger partial charge in [0, 0.05) is 17.8 Å². The lowest BCUT2D eigenvalue weighted by atomic mass is 10.1. The minimum atomic E-state index is 0.910. The molecule has 21 heavy (non-hydrogen) atoms. The van der Waals surface area contributed by atoms with E-state index >= 15 is 0 Å². The van der Waals surface area contributed by atoms with E-state index < -0.39 is 0 Å². The molecule has 0 spiro atoms. The predicted octanol–water partition coefficient (Wildman–Crippen LogP) is 3.72. The highest BCUT2D eigenvalue weighted by atomic mass is 15.3. The van der Waals surface area contributed by atoms with Gasteiger partial charge >= 0.3 is 0 Å². The van der Waals surface area contributed by atoms with Gasteiger partial charge in [-0.1, -0.05) is 26.8 Å². The largest absolute Gasteiger partial charge is 0.313 e. The molecular weight excluding hydrogens is 258 g/mol. The van der Waals surface area contributed by atoms with Crippen LogP contribution in [0.5, 0.6) is 0 Å². The molecule has 2 aromatic rings. The summed E-state index contributed by atoms with van der Waals surface area (Å²) in [5.41, 5.74) is 7.68. The quantitative estimate of drug-likeness (QED) is 0.876. The summed E-state index contributed by atoms with van der Waals surface area (Å²) in [4.78, 5) is 0. The summed E-state index contributed by atoms with van der Waals surface area (Å²) in [6.45, 7) is 12.7. The third kappa shape index (κ3) is 3.35. The first-order chi connectivity index (χ1) is 10.1. The second kappa shape index (κ2) is 6.90. The molecule has 0 aliphatic heterocycles. The normalized spacial score (nSPS) is 11.1. The van der Waals surface area contributed by atoms with E-state index in [0.717, 1.165) is 25.9 Å². The zero-order chi connectivity index (χ0) is 15.4. The van der Waals surface area contributed by atoms with E-state index in [2.05, 4.69) is 62.8 Å². The van der Waals surface area contributed by atoms with E-state index in [1.54, 1.807) is 0 Å². The van der Waals surface area contributed by atoms with Gasteiger partial charge in [0.05, 0.1) is 11.4 Å². The maximum Gasteiger partial charge on any atom is 0.0674 e. The molecule has 0 saturated carbocycles. The third-order valence-electron chi connectivity index (χ3n) is 3.85. The molecule has 0 aliphatic rings. The van der Waals surface area contributed by atoms with Crippen LogP contribution in [0.2, 0.25) is 0 Å². The van der Waals surface area contributed by atoms with Gasteiger partial charge in [0.1, 0.15) is 0 Å². The zero-order valence-electron chi connectivity index (χ0n) is 14.0. The van der Waals surface area contributed by atoms with Gasteiger partial charge in [0.2, 0.25) is 0 Å². The third-order valence-corrected chi connectivity index (χ3v) is 3.85. The molecule has 0 saturated heterocycles. The van der Waals surface area contributed by atoms with Crippen LogP contribution in [0, 0.1) is 13.8 Å². The predicted molar refractivity (Wildman–Crippen MR) is 89.2 cm³/mol. The van der Waals surface area contributed by atoms with Crippen molar-refractivity contribution in [3.05, 3.63) is 46.3 Å². The second-order valence-corrected chi connectivity index (χ2v) is 5.62. The standard InChI is InChI=1S/C18H27N3/c1-6-17-16(12-19-8-3)18(7-2)21(20-17)15-10-13(4)9-14(5)11-15/h9-11,19H,6-8,12H2,1-5H3. The summed E-state index contributed by atoms with van der Waals surface area (Å²) in [6, 6.07) is 6.64. The molecule has 0 unspecified atom stereocenters. The van der Waals surface area contributed by atoms with Crippen LogP contribution >= 0.6 is 0 Å². The van der Waals surface area contributed by atoms with Crippen LogP contribution in [0.4, 0.5) is 0 Å². The van der Waals surface area contributed by atoms with E-state index in [0.29, 0.717) is 0 Å². The Morgan fingerprint density at radius 2 is 1.67 bits per heavy atom. The molecule has 114 valence electrons. The van der Waals surface area contributed by atoms with E-state index in [-0.39, 0.29) is 0 Å². The minimum Gasteiger partial charge on any atom is -0.313 e. The average molecular weight is 285 g/mol. The number of benzene rings is 1. The van der Waals surface area contributed by atoms with Gasteiger partial charge in [0.15, 0.2) is 0 Å².